The molecule has 2 heterocycles. The zero-order valence-electron chi connectivity index (χ0n) is 18.0. The van der Waals surface area contributed by atoms with Crippen molar-refractivity contribution < 1.29 is 17.8 Å². The van der Waals surface area contributed by atoms with Crippen LogP contribution in [0.4, 0.5) is 4.79 Å². The summed E-state index contributed by atoms with van der Waals surface area (Å²) in [5.41, 5.74) is 3.26. The van der Waals surface area contributed by atoms with Gasteiger partial charge in [-0.15, -0.1) is 22.7 Å². The van der Waals surface area contributed by atoms with Crippen LogP contribution in [0.5, 0.6) is 0 Å². The molecular formula is C24H23N3O4S3. The Bertz CT molecular complexity index is 1320. The minimum absolute atomic E-state index is 0.301. The second-order valence-corrected chi connectivity index (χ2v) is 11.0. The Morgan fingerprint density at radius 1 is 0.941 bits per heavy atom. The van der Waals surface area contributed by atoms with Crippen LogP contribution in [-0.2, 0) is 28.8 Å². The number of thiazole rings is 1. The molecule has 0 aliphatic rings. The molecule has 0 fully saturated rings. The average Bonchev–Trinajstić information content (AvgIpc) is 3.50. The molecule has 7 nitrogen and oxygen atoms in total. The van der Waals surface area contributed by atoms with Crippen molar-refractivity contribution in [3.8, 4) is 10.6 Å². The Morgan fingerprint density at radius 3 is 2.35 bits per heavy atom. The Kier molecular flexibility index (Phi) is 7.73. The van der Waals surface area contributed by atoms with E-state index in [0.717, 1.165) is 26.7 Å². The van der Waals surface area contributed by atoms with Crippen molar-refractivity contribution >= 4 is 38.8 Å². The number of benzene rings is 2. The zero-order chi connectivity index (χ0) is 24.0. The van der Waals surface area contributed by atoms with Crippen molar-refractivity contribution in [1.29, 1.82) is 0 Å². The molecule has 0 aliphatic carbocycles. The van der Waals surface area contributed by atoms with Crippen LogP contribution >= 0.6 is 22.7 Å². The molecule has 176 valence electrons. The predicted octanol–water partition coefficient (Wildman–Crippen LogP) is 5.04. The molecule has 3 N–H and O–H groups in total. The van der Waals surface area contributed by atoms with E-state index in [0.29, 0.717) is 18.5 Å². The number of urea groups is 1. The number of nitrogens with one attached hydrogen (secondary N) is 2. The monoisotopic (exact) mass is 513 g/mol. The molecule has 0 aliphatic heterocycles. The highest BCUT2D eigenvalue weighted by atomic mass is 32.2. The molecule has 2 aromatic heterocycles. The summed E-state index contributed by atoms with van der Waals surface area (Å²) in [7, 11) is -4.09. The highest BCUT2D eigenvalue weighted by molar-refractivity contribution is 7.85. The molecule has 2 aromatic carbocycles. The van der Waals surface area contributed by atoms with Crippen molar-refractivity contribution in [1.82, 2.24) is 15.6 Å². The first-order chi connectivity index (χ1) is 16.4. The summed E-state index contributed by atoms with van der Waals surface area (Å²) in [6.45, 7) is 0.405. The standard InChI is InChI=1S/C24H23N3O4S3/c28-24(25-14-18-5-2-1-3-6-18)27-20(23-26-21(15-33-23)22-7-4-12-32-22)13-17-8-10-19(11-9-17)16-34(29,30)31/h1-12,15,20H,13-14,16H2,(H2,25,27,28)(H,29,30,31)/t20-/m0/s1. The molecule has 0 saturated carbocycles. The summed E-state index contributed by atoms with van der Waals surface area (Å²) >= 11 is 3.09. The number of nitrogens with zero attached hydrogens (tertiary/aromatic N) is 1. The summed E-state index contributed by atoms with van der Waals surface area (Å²) in [6.07, 6.45) is 0.475. The van der Waals surface area contributed by atoms with Gasteiger partial charge in [0.1, 0.15) is 10.8 Å². The fraction of sp³-hybridized carbons (Fsp3) is 0.167. The van der Waals surface area contributed by atoms with Crippen LogP contribution in [-0.4, -0.2) is 24.0 Å². The lowest BCUT2D eigenvalue weighted by molar-refractivity contribution is 0.236. The smallest absolute Gasteiger partial charge is 0.315 e. The van der Waals surface area contributed by atoms with E-state index >= 15 is 0 Å². The van der Waals surface area contributed by atoms with E-state index < -0.39 is 15.9 Å². The molecule has 0 spiro atoms. The molecule has 10 heteroatoms. The SMILES string of the molecule is O=C(NCc1ccccc1)N[C@@H](Cc1ccc(CS(=O)(=O)O)cc1)c1nc(-c2cccs2)cs1. The maximum Gasteiger partial charge on any atom is 0.315 e. The van der Waals surface area contributed by atoms with Crippen molar-refractivity contribution in [2.45, 2.75) is 24.8 Å². The van der Waals surface area contributed by atoms with E-state index in [1.54, 1.807) is 35.6 Å². The van der Waals surface area contributed by atoms with Crippen molar-refractivity contribution in [3.05, 3.63) is 99.2 Å². The Hall–Kier alpha value is -3.05. The first kappa shape index (κ1) is 24.1. The lowest BCUT2D eigenvalue weighted by Gasteiger charge is -2.18. The number of hydrogen-bond donors (Lipinski definition) is 3. The molecule has 0 unspecified atom stereocenters. The number of aromatic nitrogens is 1. The molecule has 0 radical (unpaired) electrons. The average molecular weight is 514 g/mol. The fourth-order valence-corrected chi connectivity index (χ4v) is 5.63. The Labute approximate surface area is 206 Å². The number of carbonyl (C=O) groups excluding carboxylic acids is 1. The highest BCUT2D eigenvalue weighted by Crippen LogP contribution is 2.30. The molecule has 0 saturated heterocycles. The quantitative estimate of drug-likeness (QED) is 0.272. The van der Waals surface area contributed by atoms with E-state index in [2.05, 4.69) is 10.6 Å². The summed E-state index contributed by atoms with van der Waals surface area (Å²) < 4.78 is 31.3. The van der Waals surface area contributed by atoms with Gasteiger partial charge >= 0.3 is 6.03 Å². The normalized spacial score (nSPS) is 12.3. The molecule has 2 amide bonds. The van der Waals surface area contributed by atoms with Crippen LogP contribution in [0.3, 0.4) is 0 Å². The summed E-state index contributed by atoms with van der Waals surface area (Å²) in [5.74, 6) is -0.437. The van der Waals surface area contributed by atoms with Crippen LogP contribution in [0, 0.1) is 0 Å². The van der Waals surface area contributed by atoms with Crippen LogP contribution in [0.15, 0.2) is 77.5 Å². The first-order valence-electron chi connectivity index (χ1n) is 10.5. The predicted molar refractivity (Wildman–Crippen MR) is 135 cm³/mol. The largest absolute Gasteiger partial charge is 0.334 e. The van der Waals surface area contributed by atoms with Gasteiger partial charge in [-0.2, -0.15) is 8.42 Å². The molecule has 4 rings (SSSR count). The zero-order valence-corrected chi connectivity index (χ0v) is 20.5. The van der Waals surface area contributed by atoms with Gasteiger partial charge in [-0.3, -0.25) is 4.55 Å². The van der Waals surface area contributed by atoms with E-state index in [-0.39, 0.29) is 12.1 Å². The topological polar surface area (TPSA) is 108 Å². The number of hydrogen-bond acceptors (Lipinski definition) is 6. The van der Waals surface area contributed by atoms with E-state index in [4.69, 9.17) is 9.54 Å². The maximum atomic E-state index is 12.7. The van der Waals surface area contributed by atoms with Crippen LogP contribution < -0.4 is 10.6 Å². The number of amides is 2. The van der Waals surface area contributed by atoms with Gasteiger partial charge < -0.3 is 10.6 Å². The van der Waals surface area contributed by atoms with Crippen LogP contribution in [0.1, 0.15) is 27.7 Å². The number of thiophene rings is 1. The lowest BCUT2D eigenvalue weighted by atomic mass is 10.0. The van der Waals surface area contributed by atoms with Crippen molar-refractivity contribution in [2.24, 2.45) is 0 Å². The van der Waals surface area contributed by atoms with Gasteiger partial charge in [-0.1, -0.05) is 60.7 Å². The molecular weight excluding hydrogens is 490 g/mol. The third-order valence-electron chi connectivity index (χ3n) is 5.01. The first-order valence-corrected chi connectivity index (χ1v) is 13.8. The maximum absolute atomic E-state index is 12.7. The van der Waals surface area contributed by atoms with Gasteiger partial charge in [0, 0.05) is 11.9 Å². The van der Waals surface area contributed by atoms with Gasteiger partial charge in [0.2, 0.25) is 0 Å². The number of rotatable bonds is 9. The van der Waals surface area contributed by atoms with Gasteiger partial charge in [0.25, 0.3) is 10.1 Å². The molecule has 34 heavy (non-hydrogen) atoms. The Morgan fingerprint density at radius 2 is 1.68 bits per heavy atom. The fourth-order valence-electron chi connectivity index (χ4n) is 3.39. The van der Waals surface area contributed by atoms with Crippen LogP contribution in [0.25, 0.3) is 10.6 Å². The van der Waals surface area contributed by atoms with E-state index in [9.17, 15) is 13.2 Å². The number of carbonyl (C=O) groups is 1. The van der Waals surface area contributed by atoms with E-state index in [1.807, 2.05) is 53.2 Å². The second-order valence-electron chi connectivity index (χ2n) is 7.66. The minimum Gasteiger partial charge on any atom is -0.334 e. The third kappa shape index (κ3) is 6.97. The van der Waals surface area contributed by atoms with Gasteiger partial charge in [0.05, 0.1) is 16.6 Å². The van der Waals surface area contributed by atoms with Crippen LogP contribution in [0.2, 0.25) is 0 Å². The van der Waals surface area contributed by atoms with Crippen molar-refractivity contribution in [2.75, 3.05) is 0 Å². The van der Waals surface area contributed by atoms with E-state index in [1.165, 1.54) is 11.3 Å². The summed E-state index contributed by atoms with van der Waals surface area (Å²) in [4.78, 5) is 18.5. The molecule has 4 aromatic rings. The summed E-state index contributed by atoms with van der Waals surface area (Å²) in [5, 5.41) is 10.7. The molecule has 1 atom stereocenters. The molecule has 0 bridgehead atoms. The lowest BCUT2D eigenvalue weighted by Crippen LogP contribution is -2.38. The van der Waals surface area contributed by atoms with Gasteiger partial charge in [-0.05, 0) is 34.6 Å². The van der Waals surface area contributed by atoms with Gasteiger partial charge in [0.15, 0.2) is 0 Å². The second kappa shape index (κ2) is 10.9. The highest BCUT2D eigenvalue weighted by Gasteiger charge is 2.20. The Balaban J connectivity index is 1.49. The minimum atomic E-state index is -4.09. The van der Waals surface area contributed by atoms with Gasteiger partial charge in [-0.25, -0.2) is 9.78 Å². The third-order valence-corrected chi connectivity index (χ3v) is 7.56. The summed E-state index contributed by atoms with van der Waals surface area (Å²) in [6, 6.07) is 19.9. The van der Waals surface area contributed by atoms with Crippen molar-refractivity contribution in [3.63, 3.8) is 0 Å².